The molecule has 0 aromatic heterocycles. The highest BCUT2D eigenvalue weighted by atomic mass is 16.5. The highest BCUT2D eigenvalue weighted by Crippen LogP contribution is 2.11. The number of nitrogens with two attached hydrogens (primary N) is 1. The summed E-state index contributed by atoms with van der Waals surface area (Å²) in [6.45, 7) is 8.37. The zero-order valence-electron chi connectivity index (χ0n) is 12.5. The monoisotopic (exact) mass is 276 g/mol. The van der Waals surface area contributed by atoms with Gasteiger partial charge in [-0.05, 0) is 27.7 Å². The molecule has 0 aliphatic rings. The van der Waals surface area contributed by atoms with Gasteiger partial charge < -0.3 is 26.3 Å². The first kappa shape index (κ1) is 18.4. The fourth-order valence-electron chi connectivity index (χ4n) is 1.48. The lowest BCUT2D eigenvalue weighted by molar-refractivity contribution is -0.909. The van der Waals surface area contributed by atoms with Crippen molar-refractivity contribution in [2.45, 2.75) is 51.6 Å². The van der Waals surface area contributed by atoms with E-state index in [0.717, 1.165) is 0 Å². The van der Waals surface area contributed by atoms with Gasteiger partial charge in [-0.3, -0.25) is 0 Å². The lowest BCUT2D eigenvalue weighted by atomic mass is 10.0. The van der Waals surface area contributed by atoms with Crippen molar-refractivity contribution in [3.8, 4) is 0 Å². The molecule has 4 N–H and O–H groups in total. The van der Waals surface area contributed by atoms with Crippen LogP contribution in [-0.4, -0.2) is 37.3 Å². The van der Waals surface area contributed by atoms with Gasteiger partial charge in [-0.2, -0.15) is 4.91 Å². The summed E-state index contributed by atoms with van der Waals surface area (Å²) in [5.74, 6) is 0. The Morgan fingerprint density at radius 2 is 1.37 bits per heavy atom. The minimum Gasteiger partial charge on any atom is -0.634 e. The zero-order chi connectivity index (χ0) is 15.1. The first-order chi connectivity index (χ1) is 8.56. The van der Waals surface area contributed by atoms with Gasteiger partial charge in [-0.1, -0.05) is 5.18 Å². The summed E-state index contributed by atoms with van der Waals surface area (Å²) in [4.78, 5) is 10.5. The van der Waals surface area contributed by atoms with Crippen LogP contribution in [-0.2, 0) is 0 Å². The van der Waals surface area contributed by atoms with E-state index in [4.69, 9.17) is 5.73 Å². The van der Waals surface area contributed by atoms with Crippen molar-refractivity contribution in [1.82, 2.24) is 0 Å². The molecule has 2 unspecified atom stereocenters. The molecule has 0 aliphatic heterocycles. The first-order valence-corrected chi connectivity index (χ1v) is 6.72. The van der Waals surface area contributed by atoms with Crippen LogP contribution >= 0.6 is 0 Å². The van der Waals surface area contributed by atoms with E-state index in [1.165, 1.54) is 0 Å². The third kappa shape index (κ3) is 11.0. The summed E-state index contributed by atoms with van der Waals surface area (Å²) in [5.41, 5.74) is 4.74. The van der Waals surface area contributed by atoms with Gasteiger partial charge in [0.25, 0.3) is 0 Å². The van der Waals surface area contributed by atoms with Crippen LogP contribution in [0.5, 0.6) is 0 Å². The maximum Gasteiger partial charge on any atom is 0.127 e. The van der Waals surface area contributed by atoms with E-state index in [2.05, 4.69) is 5.18 Å². The van der Waals surface area contributed by atoms with Crippen LogP contribution in [0.3, 0.4) is 0 Å². The van der Waals surface area contributed by atoms with Gasteiger partial charge in [0.05, 0.1) is 13.1 Å². The predicted octanol–water partition coefficient (Wildman–Crippen LogP) is -1.19. The Morgan fingerprint density at radius 3 is 1.74 bits per heavy atom. The van der Waals surface area contributed by atoms with E-state index in [9.17, 15) is 15.3 Å². The van der Waals surface area contributed by atoms with E-state index in [1.807, 2.05) is 13.8 Å². The number of hydrogen-bond donors (Lipinski definition) is 3. The van der Waals surface area contributed by atoms with Crippen LogP contribution in [0.4, 0.5) is 0 Å². The Kier molecular flexibility index (Phi) is 7.61. The summed E-state index contributed by atoms with van der Waals surface area (Å²) in [5, 5.41) is 26.2. The Labute approximate surface area is 115 Å². The average Bonchev–Trinajstić information content (AvgIpc) is 2.30. The van der Waals surface area contributed by atoms with Crippen molar-refractivity contribution in [3.05, 3.63) is 15.3 Å². The van der Waals surface area contributed by atoms with Gasteiger partial charge in [0, 0.05) is 18.4 Å². The Balaban J connectivity index is 3.78. The summed E-state index contributed by atoms with van der Waals surface area (Å²) < 4.78 is 0. The molecule has 19 heavy (non-hydrogen) atoms. The second kappa shape index (κ2) is 7.86. The van der Waals surface area contributed by atoms with Crippen LogP contribution in [0.2, 0.25) is 0 Å². The molecule has 114 valence electrons. The number of hydrogen-bond acceptors (Lipinski definition) is 5. The molecule has 0 saturated carbocycles. The Morgan fingerprint density at radius 1 is 0.947 bits per heavy atom. The van der Waals surface area contributed by atoms with Crippen molar-refractivity contribution < 1.29 is 10.1 Å². The van der Waals surface area contributed by atoms with Gasteiger partial charge in [0.15, 0.2) is 0 Å². The van der Waals surface area contributed by atoms with Crippen molar-refractivity contribution >= 4 is 0 Å². The molecule has 0 rings (SSSR count). The van der Waals surface area contributed by atoms with Crippen LogP contribution in [0.25, 0.3) is 0 Å². The van der Waals surface area contributed by atoms with E-state index in [0.29, 0.717) is 25.9 Å². The molecular weight excluding hydrogens is 248 g/mol. The maximum absolute atomic E-state index is 11.6. The molecule has 0 heterocycles. The molecule has 0 fully saturated rings. The molecule has 0 amide bonds. The molecule has 0 bridgehead atoms. The van der Waals surface area contributed by atoms with E-state index in [1.54, 1.807) is 13.8 Å². The third-order valence-corrected chi connectivity index (χ3v) is 2.99. The smallest absolute Gasteiger partial charge is 0.127 e. The fraction of sp³-hybridized carbons (Fsp3) is 1.00. The molecule has 0 saturated heterocycles. The van der Waals surface area contributed by atoms with Gasteiger partial charge in [-0.15, -0.1) is 0 Å². The number of nitrogens with one attached hydrogen (secondary N) is 2. The number of hydroxylamine groups is 4. The third-order valence-electron chi connectivity index (χ3n) is 2.99. The zero-order valence-corrected chi connectivity index (χ0v) is 12.5. The minimum absolute atomic E-state index is 0.0112. The first-order valence-electron chi connectivity index (χ1n) is 6.72. The second-order valence-corrected chi connectivity index (χ2v) is 6.47. The number of rotatable bonds is 10. The largest absolute Gasteiger partial charge is 0.634 e. The standard InChI is InChI=1S/C12H28N4O3/c1-11(2,13)5-7-15(18)9-10-16(19)8-6-12(3,4)14-17/h15-16H,5-10,13H2,1-4H3. The molecule has 7 nitrogen and oxygen atoms in total. The summed E-state index contributed by atoms with van der Waals surface area (Å²) >= 11 is 0. The highest BCUT2D eigenvalue weighted by Gasteiger charge is 2.19. The van der Waals surface area contributed by atoms with Crippen molar-refractivity contribution in [2.24, 2.45) is 10.9 Å². The summed E-state index contributed by atoms with van der Waals surface area (Å²) in [7, 11) is 0. The van der Waals surface area contributed by atoms with Gasteiger partial charge in [0.1, 0.15) is 18.6 Å². The average molecular weight is 276 g/mol. The molecule has 0 aliphatic carbocycles. The normalized spacial score (nSPS) is 16.2. The molecular formula is C12H28N4O3. The molecule has 0 radical (unpaired) electrons. The maximum atomic E-state index is 11.6. The van der Waals surface area contributed by atoms with Crippen molar-refractivity contribution in [3.63, 3.8) is 0 Å². The van der Waals surface area contributed by atoms with Crippen LogP contribution in [0.1, 0.15) is 40.5 Å². The van der Waals surface area contributed by atoms with Crippen LogP contribution in [0.15, 0.2) is 5.18 Å². The molecule has 0 aromatic carbocycles. The topological polar surface area (TPSA) is 110 Å². The summed E-state index contributed by atoms with van der Waals surface area (Å²) in [6.07, 6.45) is 1.06. The molecule has 7 heteroatoms. The lowest BCUT2D eigenvalue weighted by Crippen LogP contribution is -3.16. The second-order valence-electron chi connectivity index (χ2n) is 6.47. The molecule has 0 spiro atoms. The van der Waals surface area contributed by atoms with E-state index >= 15 is 0 Å². The number of nitroso groups, excluding NO2 is 1. The Bertz CT molecular complexity index is 266. The van der Waals surface area contributed by atoms with Crippen molar-refractivity contribution in [1.29, 1.82) is 0 Å². The van der Waals surface area contributed by atoms with Crippen LogP contribution < -0.4 is 15.9 Å². The molecule has 2 atom stereocenters. The fourth-order valence-corrected chi connectivity index (χ4v) is 1.48. The minimum atomic E-state index is -0.705. The van der Waals surface area contributed by atoms with Gasteiger partial charge >= 0.3 is 0 Å². The van der Waals surface area contributed by atoms with Crippen LogP contribution in [0, 0.1) is 15.3 Å². The lowest BCUT2D eigenvalue weighted by Gasteiger charge is -2.30. The van der Waals surface area contributed by atoms with E-state index in [-0.39, 0.29) is 28.8 Å². The van der Waals surface area contributed by atoms with Gasteiger partial charge in [-0.25, -0.2) is 0 Å². The molecule has 0 aromatic rings. The number of nitrogens with zero attached hydrogens (tertiary/aromatic N) is 1. The van der Waals surface area contributed by atoms with Crippen molar-refractivity contribution in [2.75, 3.05) is 26.2 Å². The quantitative estimate of drug-likeness (QED) is 0.344. The highest BCUT2D eigenvalue weighted by molar-refractivity contribution is 4.75. The SMILES string of the molecule is CC(C)(N)CC[NH+]([O-])CC[NH+]([O-])CCC(C)(C)N=O. The van der Waals surface area contributed by atoms with Gasteiger partial charge in [0.2, 0.25) is 0 Å². The Hall–Kier alpha value is -0.600. The van der Waals surface area contributed by atoms with E-state index < -0.39 is 5.54 Å². The number of quaternary nitrogens is 2. The predicted molar refractivity (Wildman–Crippen MR) is 75.5 cm³/mol. The summed E-state index contributed by atoms with van der Waals surface area (Å²) in [6, 6.07) is 0.